The summed E-state index contributed by atoms with van der Waals surface area (Å²) in [5.41, 5.74) is 14.4. The van der Waals surface area contributed by atoms with Gasteiger partial charge >= 0.3 is 0 Å². The number of aryl methyl sites for hydroxylation is 2. The van der Waals surface area contributed by atoms with E-state index in [2.05, 4.69) is 90.1 Å². The molecule has 8 aromatic carbocycles. The van der Waals surface area contributed by atoms with Gasteiger partial charge in [0.25, 0.3) is 0 Å². The highest BCUT2D eigenvalue weighted by molar-refractivity contribution is 5.99. The number of phenolic OH excluding ortho intramolecular Hbond substituents is 1. The first-order valence-corrected chi connectivity index (χ1v) is 23.1. The van der Waals surface area contributed by atoms with E-state index in [-0.39, 0.29) is 22.3 Å². The maximum Gasteiger partial charge on any atom is 0.149 e. The quantitative estimate of drug-likeness (QED) is 0.165. The number of para-hydroxylation sites is 2. The molecular weight excluding hydrogens is 827 g/mol. The smallest absolute Gasteiger partial charge is 0.149 e. The fraction of sp³-hybridized carbons (Fsp3) is 0.156. The van der Waals surface area contributed by atoms with E-state index in [1.54, 1.807) is 24.4 Å². The lowest BCUT2D eigenvalue weighted by Crippen LogP contribution is -2.12. The summed E-state index contributed by atoms with van der Waals surface area (Å²) >= 11 is 0. The Kier molecular flexibility index (Phi) is 9.56. The van der Waals surface area contributed by atoms with Crippen molar-refractivity contribution in [3.05, 3.63) is 217 Å². The molecule has 0 spiro atoms. The van der Waals surface area contributed by atoms with Crippen LogP contribution in [0.3, 0.4) is 0 Å². The van der Waals surface area contributed by atoms with Gasteiger partial charge in [-0.05, 0) is 140 Å². The van der Waals surface area contributed by atoms with Gasteiger partial charge in [0.2, 0.25) is 0 Å². The summed E-state index contributed by atoms with van der Waals surface area (Å²) in [6.07, 6.45) is 1.77. The molecule has 0 atom stereocenters. The van der Waals surface area contributed by atoms with E-state index in [4.69, 9.17) is 18.2 Å². The highest BCUT2D eigenvalue weighted by atomic mass is 16.3. The first kappa shape index (κ1) is 37.3. The van der Waals surface area contributed by atoms with Crippen molar-refractivity contribution in [1.29, 1.82) is 0 Å². The predicted octanol–water partition coefficient (Wildman–Crippen LogP) is 17.0. The van der Waals surface area contributed by atoms with Crippen molar-refractivity contribution in [2.24, 2.45) is 0 Å². The van der Waals surface area contributed by atoms with E-state index in [1.807, 2.05) is 126 Å². The first-order valence-electron chi connectivity index (χ1n) is 26.1. The monoisotopic (exact) mass is 889 g/mol. The van der Waals surface area contributed by atoms with E-state index in [0.717, 1.165) is 72.5 Å². The average Bonchev–Trinajstić information content (AvgIpc) is 3.77. The van der Waals surface area contributed by atoms with Crippen LogP contribution in [0.2, 0.25) is 0 Å². The van der Waals surface area contributed by atoms with E-state index >= 15 is 0 Å². The Labute approximate surface area is 409 Å². The lowest BCUT2D eigenvalue weighted by Gasteiger charge is -2.23. The molecule has 0 unspecified atom stereocenters. The van der Waals surface area contributed by atoms with Crippen LogP contribution in [-0.4, -0.2) is 19.6 Å². The molecule has 0 aliphatic rings. The molecule has 2 heterocycles. The SMILES string of the molecule is [2H]C([2H])([2H])c1ccc(-c2ccnc(-c3cc(-c4ccccc4)cc(-c4cccc5c4nc(-c4cccc(C(C)(C)C)c4O)n5-c4cc(C([2H])([2H])[2H])c(-c5ccc(C(C)(C)C)cc5)cc4-c4ccccc4)c3)c2)cc1. The number of nitrogens with zero attached hydrogens (tertiary/aromatic N) is 3. The Balaban J connectivity index is 1.25. The van der Waals surface area contributed by atoms with Crippen LogP contribution >= 0.6 is 0 Å². The fourth-order valence-electron chi connectivity index (χ4n) is 9.26. The van der Waals surface area contributed by atoms with Crippen molar-refractivity contribution < 1.29 is 13.3 Å². The van der Waals surface area contributed by atoms with Gasteiger partial charge in [0.1, 0.15) is 11.6 Å². The molecular formula is C64H57N3O. The second kappa shape index (κ2) is 17.4. The Morgan fingerprint density at radius 3 is 1.79 bits per heavy atom. The largest absolute Gasteiger partial charge is 0.507 e. The van der Waals surface area contributed by atoms with Gasteiger partial charge in [0.05, 0.1) is 28.0 Å². The van der Waals surface area contributed by atoms with Crippen LogP contribution in [0.4, 0.5) is 0 Å². The zero-order valence-electron chi connectivity index (χ0n) is 45.3. The normalized spacial score (nSPS) is 13.6. The maximum absolute atomic E-state index is 12.4. The summed E-state index contributed by atoms with van der Waals surface area (Å²) in [7, 11) is 0. The summed E-state index contributed by atoms with van der Waals surface area (Å²) in [5, 5.41) is 12.4. The van der Waals surface area contributed by atoms with Crippen molar-refractivity contribution >= 4 is 11.0 Å². The van der Waals surface area contributed by atoms with Crippen LogP contribution in [0.25, 0.3) is 95.0 Å². The highest BCUT2D eigenvalue weighted by Crippen LogP contribution is 2.45. The zero-order chi connectivity index (χ0) is 52.3. The van der Waals surface area contributed by atoms with Crippen molar-refractivity contribution in [1.82, 2.24) is 14.5 Å². The van der Waals surface area contributed by atoms with Gasteiger partial charge in [-0.3, -0.25) is 9.55 Å². The van der Waals surface area contributed by atoms with E-state index in [9.17, 15) is 5.11 Å². The summed E-state index contributed by atoms with van der Waals surface area (Å²) in [6.45, 7) is 7.95. The molecule has 334 valence electrons. The number of hydrogen-bond acceptors (Lipinski definition) is 3. The Hall–Kier alpha value is -7.82. The maximum atomic E-state index is 12.4. The van der Waals surface area contributed by atoms with Crippen LogP contribution in [0.1, 0.15) is 72.0 Å². The van der Waals surface area contributed by atoms with Gasteiger partial charge in [0.15, 0.2) is 0 Å². The van der Waals surface area contributed by atoms with Crippen molar-refractivity contribution in [2.45, 2.75) is 66.1 Å². The van der Waals surface area contributed by atoms with Gasteiger partial charge in [-0.15, -0.1) is 0 Å². The molecule has 68 heavy (non-hydrogen) atoms. The Bertz CT molecular complexity index is 3700. The Morgan fingerprint density at radius 2 is 1.10 bits per heavy atom. The number of fused-ring (bicyclic) bond motifs is 1. The molecule has 0 saturated heterocycles. The lowest BCUT2D eigenvalue weighted by molar-refractivity contribution is 0.448. The predicted molar refractivity (Wildman–Crippen MR) is 285 cm³/mol. The molecule has 0 bridgehead atoms. The van der Waals surface area contributed by atoms with Gasteiger partial charge in [-0.25, -0.2) is 4.98 Å². The minimum absolute atomic E-state index is 0.0940. The molecule has 10 rings (SSSR count). The summed E-state index contributed by atoms with van der Waals surface area (Å²) in [4.78, 5) is 10.4. The number of benzene rings is 8. The van der Waals surface area contributed by atoms with Gasteiger partial charge in [-0.1, -0.05) is 181 Å². The van der Waals surface area contributed by atoms with E-state index in [0.29, 0.717) is 33.7 Å². The number of pyridine rings is 1. The number of hydrogen-bond donors (Lipinski definition) is 1. The molecule has 0 amide bonds. The second-order valence-corrected chi connectivity index (χ2v) is 19.7. The number of rotatable bonds is 8. The zero-order valence-corrected chi connectivity index (χ0v) is 39.3. The van der Waals surface area contributed by atoms with Crippen molar-refractivity contribution in [2.75, 3.05) is 0 Å². The van der Waals surface area contributed by atoms with Gasteiger partial charge < -0.3 is 5.11 Å². The minimum atomic E-state index is -2.52. The number of imidazole rings is 1. The van der Waals surface area contributed by atoms with E-state index < -0.39 is 19.1 Å². The molecule has 2 aromatic heterocycles. The topological polar surface area (TPSA) is 50.9 Å². The van der Waals surface area contributed by atoms with Crippen LogP contribution in [0, 0.1) is 13.7 Å². The summed E-state index contributed by atoms with van der Waals surface area (Å²) < 4.78 is 52.9. The molecule has 4 nitrogen and oxygen atoms in total. The third-order valence-electron chi connectivity index (χ3n) is 12.9. The van der Waals surface area contributed by atoms with Crippen LogP contribution in [0.15, 0.2) is 194 Å². The molecule has 0 aliphatic carbocycles. The molecule has 0 saturated carbocycles. The average molecular weight is 890 g/mol. The number of aromatic nitrogens is 3. The lowest BCUT2D eigenvalue weighted by atomic mass is 9.85. The van der Waals surface area contributed by atoms with Gasteiger partial charge in [0, 0.05) is 31.1 Å². The van der Waals surface area contributed by atoms with Crippen molar-refractivity contribution in [3.63, 3.8) is 0 Å². The minimum Gasteiger partial charge on any atom is -0.507 e. The Morgan fingerprint density at radius 1 is 0.471 bits per heavy atom. The van der Waals surface area contributed by atoms with Crippen LogP contribution < -0.4 is 0 Å². The summed E-state index contributed by atoms with van der Waals surface area (Å²) in [5.74, 6) is 0.545. The first-order chi connectivity index (χ1) is 35.1. The summed E-state index contributed by atoms with van der Waals surface area (Å²) in [6, 6.07) is 61.3. The fourth-order valence-corrected chi connectivity index (χ4v) is 9.26. The standard InChI is InChI=1S/C64H57N3O/c1-41-25-27-44(28-26-41)47-33-34-65-57(39-47)50-37-48(43-17-11-9-12-18-43)36-49(38-50)52-21-16-24-58-60(52)66-62(53-22-15-23-56(61(53)68)64(6,7)8)67(58)59-35-42(2)54(40-55(59)45-19-13-10-14-20-45)46-29-31-51(32-30-46)63(3,4)5/h9-40,68H,1-8H3/i1D3,2D3. The molecule has 0 radical (unpaired) electrons. The molecule has 0 fully saturated rings. The third-order valence-corrected chi connectivity index (χ3v) is 12.9. The van der Waals surface area contributed by atoms with Gasteiger partial charge in [-0.2, -0.15) is 0 Å². The number of phenols is 1. The van der Waals surface area contributed by atoms with Crippen molar-refractivity contribution in [3.8, 4) is 89.7 Å². The molecule has 10 aromatic rings. The molecule has 0 aliphatic heterocycles. The molecule has 4 heteroatoms. The second-order valence-electron chi connectivity index (χ2n) is 19.7. The van der Waals surface area contributed by atoms with E-state index in [1.165, 1.54) is 0 Å². The van der Waals surface area contributed by atoms with Crippen LogP contribution in [0.5, 0.6) is 5.75 Å². The van der Waals surface area contributed by atoms with Crippen LogP contribution in [-0.2, 0) is 10.8 Å². The third kappa shape index (κ3) is 8.43. The molecule has 1 N–H and O–H groups in total. The highest BCUT2D eigenvalue weighted by Gasteiger charge is 2.27. The number of aromatic hydroxyl groups is 1.